The summed E-state index contributed by atoms with van der Waals surface area (Å²) in [5.74, 6) is -3.71. The van der Waals surface area contributed by atoms with Crippen LogP contribution in [-0.2, 0) is 9.59 Å². The molecular formula is C10H8F4N2O2. The molecule has 0 saturated carbocycles. The minimum absolute atomic E-state index is 0.0845. The molecule has 0 atom stereocenters. The molecular weight excluding hydrogens is 256 g/mol. The van der Waals surface area contributed by atoms with Gasteiger partial charge in [0.1, 0.15) is 5.82 Å². The van der Waals surface area contributed by atoms with Crippen LogP contribution >= 0.6 is 0 Å². The van der Waals surface area contributed by atoms with Crippen molar-refractivity contribution in [3.05, 3.63) is 30.1 Å². The highest BCUT2D eigenvalue weighted by molar-refractivity contribution is 5.95. The van der Waals surface area contributed by atoms with Gasteiger partial charge in [-0.05, 0) is 18.2 Å². The van der Waals surface area contributed by atoms with Gasteiger partial charge in [-0.15, -0.1) is 0 Å². The number of nitrogens with one attached hydrogen (secondary N) is 2. The lowest BCUT2D eigenvalue weighted by atomic mass is 10.3. The first-order chi connectivity index (χ1) is 8.29. The van der Waals surface area contributed by atoms with Crippen LogP contribution in [-0.4, -0.2) is 24.5 Å². The summed E-state index contributed by atoms with van der Waals surface area (Å²) in [7, 11) is 0. The molecule has 4 nitrogen and oxygen atoms in total. The highest BCUT2D eigenvalue weighted by atomic mass is 19.4. The molecule has 0 heterocycles. The zero-order chi connectivity index (χ0) is 13.8. The second kappa shape index (κ2) is 5.48. The minimum Gasteiger partial charge on any atom is -0.339 e. The SMILES string of the molecule is O=C(CNC(=O)C(F)(F)F)Nc1cccc(F)c1. The summed E-state index contributed by atoms with van der Waals surface area (Å²) in [4.78, 5) is 21.5. The Morgan fingerprint density at radius 2 is 1.89 bits per heavy atom. The lowest BCUT2D eigenvalue weighted by Crippen LogP contribution is -2.41. The van der Waals surface area contributed by atoms with Crippen molar-refractivity contribution >= 4 is 17.5 Å². The molecule has 0 saturated heterocycles. The Kier molecular flexibility index (Phi) is 4.24. The second-order valence-corrected chi connectivity index (χ2v) is 3.24. The van der Waals surface area contributed by atoms with Crippen molar-refractivity contribution in [2.45, 2.75) is 6.18 Å². The fourth-order valence-corrected chi connectivity index (χ4v) is 1.03. The molecule has 1 aromatic carbocycles. The Morgan fingerprint density at radius 3 is 2.44 bits per heavy atom. The van der Waals surface area contributed by atoms with E-state index in [1.165, 1.54) is 17.4 Å². The number of alkyl halides is 3. The normalized spacial score (nSPS) is 10.9. The zero-order valence-electron chi connectivity index (χ0n) is 8.84. The van der Waals surface area contributed by atoms with Crippen LogP contribution < -0.4 is 10.6 Å². The number of halogens is 4. The van der Waals surface area contributed by atoms with Crippen LogP contribution in [0.25, 0.3) is 0 Å². The minimum atomic E-state index is -5.04. The van der Waals surface area contributed by atoms with Crippen molar-refractivity contribution in [3.8, 4) is 0 Å². The van der Waals surface area contributed by atoms with E-state index in [9.17, 15) is 27.2 Å². The van der Waals surface area contributed by atoms with Gasteiger partial charge < -0.3 is 10.6 Å². The molecule has 0 fully saturated rings. The van der Waals surface area contributed by atoms with E-state index in [4.69, 9.17) is 0 Å². The van der Waals surface area contributed by atoms with Crippen LogP contribution in [0.5, 0.6) is 0 Å². The Hall–Kier alpha value is -2.12. The second-order valence-electron chi connectivity index (χ2n) is 3.24. The van der Waals surface area contributed by atoms with Crippen LogP contribution in [0.1, 0.15) is 0 Å². The summed E-state index contributed by atoms with van der Waals surface area (Å²) in [6.45, 7) is -0.852. The topological polar surface area (TPSA) is 58.2 Å². The predicted octanol–water partition coefficient (Wildman–Crippen LogP) is 1.44. The number of hydrogen-bond donors (Lipinski definition) is 2. The molecule has 1 aromatic rings. The van der Waals surface area contributed by atoms with Gasteiger partial charge in [0.15, 0.2) is 0 Å². The summed E-state index contributed by atoms with van der Waals surface area (Å²) in [6.07, 6.45) is -5.04. The van der Waals surface area contributed by atoms with Crippen molar-refractivity contribution in [2.75, 3.05) is 11.9 Å². The molecule has 0 aliphatic heterocycles. The van der Waals surface area contributed by atoms with Crippen molar-refractivity contribution in [2.24, 2.45) is 0 Å². The van der Waals surface area contributed by atoms with Crippen molar-refractivity contribution < 1.29 is 27.2 Å². The van der Waals surface area contributed by atoms with Gasteiger partial charge in [-0.3, -0.25) is 9.59 Å². The third kappa shape index (κ3) is 4.40. The van der Waals surface area contributed by atoms with E-state index < -0.39 is 30.4 Å². The molecule has 98 valence electrons. The predicted molar refractivity (Wildman–Crippen MR) is 54.1 cm³/mol. The molecule has 0 aromatic heterocycles. The van der Waals surface area contributed by atoms with Crippen LogP contribution in [0.2, 0.25) is 0 Å². The Morgan fingerprint density at radius 1 is 1.22 bits per heavy atom. The molecule has 2 N–H and O–H groups in total. The van der Waals surface area contributed by atoms with E-state index in [0.717, 1.165) is 12.1 Å². The van der Waals surface area contributed by atoms with Gasteiger partial charge in [-0.1, -0.05) is 6.07 Å². The van der Waals surface area contributed by atoms with E-state index in [1.807, 2.05) is 0 Å². The maximum atomic E-state index is 12.7. The van der Waals surface area contributed by atoms with Gasteiger partial charge in [0.2, 0.25) is 5.91 Å². The molecule has 18 heavy (non-hydrogen) atoms. The van der Waals surface area contributed by atoms with Crippen LogP contribution in [0.4, 0.5) is 23.2 Å². The maximum absolute atomic E-state index is 12.7. The molecule has 8 heteroatoms. The highest BCUT2D eigenvalue weighted by Crippen LogP contribution is 2.14. The largest absolute Gasteiger partial charge is 0.471 e. The highest BCUT2D eigenvalue weighted by Gasteiger charge is 2.38. The number of benzene rings is 1. The molecule has 0 bridgehead atoms. The fraction of sp³-hybridized carbons (Fsp3) is 0.200. The Labute approximate surface area is 99.0 Å². The monoisotopic (exact) mass is 264 g/mol. The summed E-state index contributed by atoms with van der Waals surface area (Å²) < 4.78 is 48.1. The lowest BCUT2D eigenvalue weighted by Gasteiger charge is -2.08. The number of anilines is 1. The average molecular weight is 264 g/mol. The third-order valence-corrected chi connectivity index (χ3v) is 1.78. The van der Waals surface area contributed by atoms with Gasteiger partial charge in [0, 0.05) is 5.69 Å². The van der Waals surface area contributed by atoms with Gasteiger partial charge in [-0.2, -0.15) is 13.2 Å². The molecule has 0 radical (unpaired) electrons. The summed E-state index contributed by atoms with van der Waals surface area (Å²) in [6, 6.07) is 4.80. The van der Waals surface area contributed by atoms with Crippen molar-refractivity contribution in [3.63, 3.8) is 0 Å². The van der Waals surface area contributed by atoms with Crippen molar-refractivity contribution in [1.29, 1.82) is 0 Å². The molecule has 1 rings (SSSR count). The first-order valence-electron chi connectivity index (χ1n) is 4.69. The number of carbonyl (C=O) groups is 2. The quantitative estimate of drug-likeness (QED) is 0.812. The Bertz CT molecular complexity index is 459. The molecule has 0 unspecified atom stereocenters. The number of hydrogen-bond acceptors (Lipinski definition) is 2. The lowest BCUT2D eigenvalue weighted by molar-refractivity contribution is -0.173. The van der Waals surface area contributed by atoms with Crippen LogP contribution in [0, 0.1) is 5.82 Å². The van der Waals surface area contributed by atoms with E-state index >= 15 is 0 Å². The molecule has 0 spiro atoms. The van der Waals surface area contributed by atoms with Gasteiger partial charge in [-0.25, -0.2) is 4.39 Å². The number of carbonyl (C=O) groups excluding carboxylic acids is 2. The van der Waals surface area contributed by atoms with Gasteiger partial charge in [0.25, 0.3) is 0 Å². The van der Waals surface area contributed by atoms with E-state index in [-0.39, 0.29) is 5.69 Å². The van der Waals surface area contributed by atoms with E-state index in [1.54, 1.807) is 0 Å². The molecule has 0 aliphatic rings. The average Bonchev–Trinajstić information content (AvgIpc) is 2.24. The van der Waals surface area contributed by atoms with Crippen molar-refractivity contribution in [1.82, 2.24) is 5.32 Å². The number of rotatable bonds is 3. The number of amides is 2. The first kappa shape index (κ1) is 13.9. The molecule has 2 amide bonds. The molecule has 0 aliphatic carbocycles. The summed E-state index contributed by atoms with van der Waals surface area (Å²) >= 11 is 0. The van der Waals surface area contributed by atoms with Gasteiger partial charge in [0.05, 0.1) is 6.54 Å². The third-order valence-electron chi connectivity index (χ3n) is 1.78. The van der Waals surface area contributed by atoms with Crippen LogP contribution in [0.3, 0.4) is 0 Å². The van der Waals surface area contributed by atoms with Gasteiger partial charge >= 0.3 is 12.1 Å². The van der Waals surface area contributed by atoms with Crippen LogP contribution in [0.15, 0.2) is 24.3 Å². The van der Waals surface area contributed by atoms with E-state index in [2.05, 4.69) is 5.32 Å². The summed E-state index contributed by atoms with van der Waals surface area (Å²) in [5.41, 5.74) is 0.0845. The van der Waals surface area contributed by atoms with E-state index in [0.29, 0.717) is 0 Å². The smallest absolute Gasteiger partial charge is 0.339 e. The fourth-order valence-electron chi connectivity index (χ4n) is 1.03. The summed E-state index contributed by atoms with van der Waals surface area (Å²) in [5, 5.41) is 3.52. The first-order valence-corrected chi connectivity index (χ1v) is 4.69. The zero-order valence-corrected chi connectivity index (χ0v) is 8.84. The standard InChI is InChI=1S/C10H8F4N2O2/c11-6-2-1-3-7(4-6)16-8(17)5-15-9(18)10(12,13)14/h1-4H,5H2,(H,15,18)(H,16,17). The maximum Gasteiger partial charge on any atom is 0.471 e. The Balaban J connectivity index is 2.46.